The summed E-state index contributed by atoms with van der Waals surface area (Å²) in [5.74, 6) is 0.500. The van der Waals surface area contributed by atoms with Crippen molar-refractivity contribution < 1.29 is 9.59 Å². The first-order valence-corrected chi connectivity index (χ1v) is 9.61. The quantitative estimate of drug-likeness (QED) is 0.890. The standard InChI is InChI=1S/C20H18N4O2S/c1-12-7-3-5-9-15(12)22-17(25)11-27-20-23-16-10-6-4-8-14(16)18-21-13(2)19(26)24(18)20/h3-10,13H,11H2,1-2H3,(H,22,25)/t13-/m1/s1. The van der Waals surface area contributed by atoms with Gasteiger partial charge in [-0.05, 0) is 37.6 Å². The minimum absolute atomic E-state index is 0.120. The van der Waals surface area contributed by atoms with Gasteiger partial charge in [-0.3, -0.25) is 14.6 Å². The highest BCUT2D eigenvalue weighted by Crippen LogP contribution is 2.33. The average molecular weight is 378 g/mol. The van der Waals surface area contributed by atoms with E-state index < -0.39 is 6.04 Å². The fourth-order valence-corrected chi connectivity index (χ4v) is 3.80. The van der Waals surface area contributed by atoms with Crippen molar-refractivity contribution >= 4 is 46.0 Å². The number of hydrogen-bond donors (Lipinski definition) is 1. The van der Waals surface area contributed by atoms with E-state index in [9.17, 15) is 9.59 Å². The van der Waals surface area contributed by atoms with Gasteiger partial charge in [0.25, 0.3) is 5.91 Å². The van der Waals surface area contributed by atoms with Gasteiger partial charge in [-0.2, -0.15) is 0 Å². The number of aliphatic imine (C=N–C) groups is 2. The Kier molecular flexibility index (Phi) is 4.53. The zero-order valence-corrected chi connectivity index (χ0v) is 15.8. The Bertz CT molecular complexity index is 999. The first-order chi connectivity index (χ1) is 13.0. The molecule has 2 aromatic carbocycles. The summed E-state index contributed by atoms with van der Waals surface area (Å²) in [4.78, 5) is 35.5. The lowest BCUT2D eigenvalue weighted by Gasteiger charge is -2.25. The number of nitrogens with one attached hydrogen (secondary N) is 1. The number of amidine groups is 2. The molecule has 2 amide bonds. The molecule has 2 aliphatic rings. The van der Waals surface area contributed by atoms with Crippen LogP contribution >= 0.6 is 11.8 Å². The van der Waals surface area contributed by atoms with Gasteiger partial charge in [0, 0.05) is 11.3 Å². The molecule has 1 atom stereocenters. The zero-order valence-electron chi connectivity index (χ0n) is 15.0. The molecule has 2 heterocycles. The number of benzene rings is 2. The molecular weight excluding hydrogens is 360 g/mol. The van der Waals surface area contributed by atoms with E-state index in [1.165, 1.54) is 16.7 Å². The number of para-hydroxylation sites is 2. The van der Waals surface area contributed by atoms with Crippen molar-refractivity contribution in [2.45, 2.75) is 19.9 Å². The Hall–Kier alpha value is -2.93. The Morgan fingerprint density at radius 3 is 2.74 bits per heavy atom. The van der Waals surface area contributed by atoms with E-state index >= 15 is 0 Å². The van der Waals surface area contributed by atoms with E-state index in [2.05, 4.69) is 15.3 Å². The van der Waals surface area contributed by atoms with Crippen LogP contribution in [0.15, 0.2) is 58.5 Å². The maximum atomic E-state index is 12.6. The number of carbonyl (C=O) groups is 2. The van der Waals surface area contributed by atoms with E-state index in [0.29, 0.717) is 11.0 Å². The summed E-state index contributed by atoms with van der Waals surface area (Å²) in [5.41, 5.74) is 3.38. The van der Waals surface area contributed by atoms with E-state index in [1.54, 1.807) is 6.92 Å². The number of rotatable bonds is 3. The molecule has 4 rings (SSSR count). The van der Waals surface area contributed by atoms with Crippen LogP contribution in [0.4, 0.5) is 11.4 Å². The first kappa shape index (κ1) is 17.5. The van der Waals surface area contributed by atoms with Crippen LogP contribution < -0.4 is 5.32 Å². The monoisotopic (exact) mass is 378 g/mol. The van der Waals surface area contributed by atoms with Crippen LogP contribution in [0.2, 0.25) is 0 Å². The second-order valence-electron chi connectivity index (χ2n) is 6.37. The lowest BCUT2D eigenvalue weighted by molar-refractivity contribution is -0.124. The molecule has 0 aliphatic carbocycles. The van der Waals surface area contributed by atoms with Crippen molar-refractivity contribution in [3.05, 3.63) is 59.7 Å². The summed E-state index contributed by atoms with van der Waals surface area (Å²) in [6.45, 7) is 3.71. The number of thioether (sulfide) groups is 1. The molecule has 136 valence electrons. The lowest BCUT2D eigenvalue weighted by Crippen LogP contribution is -2.41. The number of nitrogens with zero attached hydrogens (tertiary/aromatic N) is 3. The summed E-state index contributed by atoms with van der Waals surface area (Å²) in [6, 6.07) is 14.7. The maximum absolute atomic E-state index is 12.6. The second kappa shape index (κ2) is 7.00. The Morgan fingerprint density at radius 2 is 1.93 bits per heavy atom. The van der Waals surface area contributed by atoms with Gasteiger partial charge in [-0.1, -0.05) is 42.1 Å². The molecule has 0 unspecified atom stereocenters. The first-order valence-electron chi connectivity index (χ1n) is 8.63. The molecule has 2 aliphatic heterocycles. The van der Waals surface area contributed by atoms with Crippen molar-refractivity contribution in [1.29, 1.82) is 0 Å². The van der Waals surface area contributed by atoms with Crippen LogP contribution in [0.25, 0.3) is 0 Å². The summed E-state index contributed by atoms with van der Waals surface area (Å²) in [6.07, 6.45) is 0. The topological polar surface area (TPSA) is 74.1 Å². The molecule has 0 radical (unpaired) electrons. The third-order valence-electron chi connectivity index (χ3n) is 4.41. The number of aryl methyl sites for hydroxylation is 1. The fraction of sp³-hybridized carbons (Fsp3) is 0.200. The van der Waals surface area contributed by atoms with Gasteiger partial charge in [-0.25, -0.2) is 9.89 Å². The fourth-order valence-electron chi connectivity index (χ4n) is 3.00. The molecule has 0 saturated carbocycles. The van der Waals surface area contributed by atoms with Crippen LogP contribution in [0.3, 0.4) is 0 Å². The lowest BCUT2D eigenvalue weighted by atomic mass is 10.1. The van der Waals surface area contributed by atoms with Gasteiger partial charge in [-0.15, -0.1) is 0 Å². The van der Waals surface area contributed by atoms with Gasteiger partial charge < -0.3 is 5.32 Å². The van der Waals surface area contributed by atoms with Crippen LogP contribution in [-0.2, 0) is 9.59 Å². The molecular formula is C20H18N4O2S. The highest BCUT2D eigenvalue weighted by Gasteiger charge is 2.39. The van der Waals surface area contributed by atoms with E-state index in [1.807, 2.05) is 55.5 Å². The summed E-state index contributed by atoms with van der Waals surface area (Å²) >= 11 is 1.24. The van der Waals surface area contributed by atoms with Crippen molar-refractivity contribution in [3.63, 3.8) is 0 Å². The van der Waals surface area contributed by atoms with E-state index in [-0.39, 0.29) is 17.6 Å². The molecule has 27 heavy (non-hydrogen) atoms. The van der Waals surface area contributed by atoms with Crippen molar-refractivity contribution in [1.82, 2.24) is 4.90 Å². The molecule has 0 fully saturated rings. The van der Waals surface area contributed by atoms with Crippen LogP contribution in [0, 0.1) is 6.92 Å². The third kappa shape index (κ3) is 3.26. The SMILES string of the molecule is Cc1ccccc1NC(=O)CSC1=Nc2ccccc2C2=N[C@H](C)C(=O)N12. The smallest absolute Gasteiger partial charge is 0.258 e. The number of anilines is 1. The molecule has 0 saturated heterocycles. The van der Waals surface area contributed by atoms with Crippen molar-refractivity contribution in [2.24, 2.45) is 9.98 Å². The zero-order chi connectivity index (χ0) is 19.0. The molecule has 7 heteroatoms. The highest BCUT2D eigenvalue weighted by molar-refractivity contribution is 8.14. The number of hydrogen-bond acceptors (Lipinski definition) is 5. The molecule has 0 aromatic heterocycles. The Balaban J connectivity index is 1.54. The second-order valence-corrected chi connectivity index (χ2v) is 7.31. The van der Waals surface area contributed by atoms with Crippen LogP contribution in [0.5, 0.6) is 0 Å². The van der Waals surface area contributed by atoms with Gasteiger partial charge in [0.2, 0.25) is 5.91 Å². The normalized spacial score (nSPS) is 17.8. The Labute approximate surface area is 161 Å². The molecule has 0 spiro atoms. The summed E-state index contributed by atoms with van der Waals surface area (Å²) in [5, 5.41) is 3.39. The van der Waals surface area contributed by atoms with Gasteiger partial charge in [0.1, 0.15) is 11.9 Å². The number of fused-ring (bicyclic) bond motifs is 3. The minimum atomic E-state index is -0.447. The summed E-state index contributed by atoms with van der Waals surface area (Å²) in [7, 11) is 0. The number of amides is 2. The van der Waals surface area contributed by atoms with Crippen molar-refractivity contribution in [2.75, 3.05) is 11.1 Å². The number of carbonyl (C=O) groups excluding carboxylic acids is 2. The summed E-state index contributed by atoms with van der Waals surface area (Å²) < 4.78 is 0. The molecule has 0 bridgehead atoms. The van der Waals surface area contributed by atoms with Gasteiger partial charge in [0.15, 0.2) is 5.17 Å². The highest BCUT2D eigenvalue weighted by atomic mass is 32.2. The van der Waals surface area contributed by atoms with Crippen molar-refractivity contribution in [3.8, 4) is 0 Å². The maximum Gasteiger partial charge on any atom is 0.258 e. The molecule has 1 N–H and O–H groups in total. The molecule has 6 nitrogen and oxygen atoms in total. The van der Waals surface area contributed by atoms with Gasteiger partial charge in [0.05, 0.1) is 11.4 Å². The van der Waals surface area contributed by atoms with E-state index in [0.717, 1.165) is 22.5 Å². The predicted molar refractivity (Wildman–Crippen MR) is 109 cm³/mol. The van der Waals surface area contributed by atoms with Crippen LogP contribution in [0.1, 0.15) is 18.1 Å². The van der Waals surface area contributed by atoms with E-state index in [4.69, 9.17) is 0 Å². The van der Waals surface area contributed by atoms with Gasteiger partial charge >= 0.3 is 0 Å². The molecule has 2 aromatic rings. The minimum Gasteiger partial charge on any atom is -0.325 e. The third-order valence-corrected chi connectivity index (χ3v) is 5.35. The Morgan fingerprint density at radius 1 is 1.19 bits per heavy atom. The largest absolute Gasteiger partial charge is 0.325 e. The predicted octanol–water partition coefficient (Wildman–Crippen LogP) is 3.35. The van der Waals surface area contributed by atoms with Crippen LogP contribution in [-0.4, -0.2) is 39.5 Å². The average Bonchev–Trinajstić information content (AvgIpc) is 2.97.